The molecule has 0 spiro atoms. The standard InChI is InChI=1S/C17H12BrN3O5/c1-26-13-4-2-12(3-5-13)20-17(23)11(9-19)6-10-7-14(18)16(22)15(8-10)21(24)25/h2-8,22H,1H3,(H,20,23)/b11-6-. The van der Waals surface area contributed by atoms with Crippen molar-refractivity contribution in [2.45, 2.75) is 0 Å². The third-order valence-corrected chi connectivity index (χ3v) is 3.89. The number of carbonyl (C=O) groups is 1. The molecule has 2 aromatic carbocycles. The Hall–Kier alpha value is -3.38. The Kier molecular flexibility index (Phi) is 5.93. The minimum Gasteiger partial charge on any atom is -0.501 e. The molecule has 0 aliphatic carbocycles. The first-order valence-electron chi connectivity index (χ1n) is 7.09. The molecule has 8 nitrogen and oxygen atoms in total. The molecule has 0 bridgehead atoms. The summed E-state index contributed by atoms with van der Waals surface area (Å²) in [5.41, 5.74) is -0.135. The van der Waals surface area contributed by atoms with Crippen LogP contribution in [0, 0.1) is 21.4 Å². The largest absolute Gasteiger partial charge is 0.501 e. The maximum Gasteiger partial charge on any atom is 0.312 e. The molecule has 2 N–H and O–H groups in total. The molecule has 26 heavy (non-hydrogen) atoms. The van der Waals surface area contributed by atoms with E-state index in [4.69, 9.17) is 4.74 Å². The van der Waals surface area contributed by atoms with Crippen LogP contribution in [0.5, 0.6) is 11.5 Å². The van der Waals surface area contributed by atoms with Crippen LogP contribution in [-0.4, -0.2) is 23.0 Å². The number of phenolic OH excluding ortho intramolecular Hbond substituents is 1. The molecular formula is C17H12BrN3O5. The van der Waals surface area contributed by atoms with Crippen LogP contribution in [-0.2, 0) is 4.79 Å². The van der Waals surface area contributed by atoms with Gasteiger partial charge in [-0.15, -0.1) is 0 Å². The Balaban J connectivity index is 2.30. The number of carbonyl (C=O) groups excluding carboxylic acids is 1. The molecule has 0 radical (unpaired) electrons. The number of hydrogen-bond acceptors (Lipinski definition) is 6. The summed E-state index contributed by atoms with van der Waals surface area (Å²) < 4.78 is 5.09. The lowest BCUT2D eigenvalue weighted by Gasteiger charge is -2.06. The molecule has 0 saturated carbocycles. The Morgan fingerprint density at radius 1 is 1.38 bits per heavy atom. The van der Waals surface area contributed by atoms with E-state index in [0.29, 0.717) is 11.4 Å². The first kappa shape index (κ1) is 19.0. The van der Waals surface area contributed by atoms with Gasteiger partial charge in [0.1, 0.15) is 17.4 Å². The number of anilines is 1. The smallest absolute Gasteiger partial charge is 0.312 e. The molecule has 1 amide bonds. The molecule has 9 heteroatoms. The van der Waals surface area contributed by atoms with Crippen molar-refractivity contribution in [1.82, 2.24) is 0 Å². The predicted molar refractivity (Wildman–Crippen MR) is 97.7 cm³/mol. The zero-order chi connectivity index (χ0) is 19.3. The normalized spacial score (nSPS) is 10.7. The molecule has 132 valence electrons. The van der Waals surface area contributed by atoms with Gasteiger partial charge in [-0.3, -0.25) is 14.9 Å². The number of nitriles is 1. The minimum absolute atomic E-state index is 0.0748. The highest BCUT2D eigenvalue weighted by Crippen LogP contribution is 2.35. The number of phenols is 1. The third kappa shape index (κ3) is 4.37. The van der Waals surface area contributed by atoms with E-state index in [-0.39, 0.29) is 15.6 Å². The Morgan fingerprint density at radius 2 is 2.04 bits per heavy atom. The summed E-state index contributed by atoms with van der Waals surface area (Å²) in [5, 5.41) is 32.4. The van der Waals surface area contributed by atoms with Crippen LogP contribution in [0.2, 0.25) is 0 Å². The summed E-state index contributed by atoms with van der Waals surface area (Å²) >= 11 is 3.00. The predicted octanol–water partition coefficient (Wildman–Crippen LogP) is 3.62. The molecule has 0 aromatic heterocycles. The van der Waals surface area contributed by atoms with Gasteiger partial charge < -0.3 is 15.2 Å². The summed E-state index contributed by atoms with van der Waals surface area (Å²) in [7, 11) is 1.51. The number of methoxy groups -OCH3 is 1. The Labute approximate surface area is 156 Å². The topological polar surface area (TPSA) is 125 Å². The lowest BCUT2D eigenvalue weighted by Crippen LogP contribution is -2.13. The van der Waals surface area contributed by atoms with Gasteiger partial charge in [-0.25, -0.2) is 0 Å². The third-order valence-electron chi connectivity index (χ3n) is 3.29. The van der Waals surface area contributed by atoms with Gasteiger partial charge in [-0.2, -0.15) is 5.26 Å². The summed E-state index contributed by atoms with van der Waals surface area (Å²) in [5.74, 6) is -0.599. The average Bonchev–Trinajstić information content (AvgIpc) is 2.62. The average molecular weight is 418 g/mol. The highest BCUT2D eigenvalue weighted by atomic mass is 79.9. The fourth-order valence-electron chi connectivity index (χ4n) is 2.02. The fourth-order valence-corrected chi connectivity index (χ4v) is 2.48. The van der Waals surface area contributed by atoms with Gasteiger partial charge >= 0.3 is 5.69 Å². The molecule has 2 rings (SSSR count). The van der Waals surface area contributed by atoms with Crippen molar-refractivity contribution in [1.29, 1.82) is 5.26 Å². The molecule has 0 aliphatic heterocycles. The number of nitro benzene ring substituents is 1. The number of rotatable bonds is 5. The van der Waals surface area contributed by atoms with Crippen molar-refractivity contribution < 1.29 is 19.6 Å². The number of nitrogens with one attached hydrogen (secondary N) is 1. The molecule has 2 aromatic rings. The van der Waals surface area contributed by atoms with Crippen LogP contribution in [0.4, 0.5) is 11.4 Å². The van der Waals surface area contributed by atoms with Gasteiger partial charge in [-0.1, -0.05) is 0 Å². The lowest BCUT2D eigenvalue weighted by atomic mass is 10.1. The number of benzene rings is 2. The van der Waals surface area contributed by atoms with Gasteiger partial charge in [0.15, 0.2) is 0 Å². The van der Waals surface area contributed by atoms with Crippen molar-refractivity contribution in [3.8, 4) is 17.6 Å². The van der Waals surface area contributed by atoms with Crippen LogP contribution in [0.15, 0.2) is 46.4 Å². The van der Waals surface area contributed by atoms with E-state index in [9.17, 15) is 25.3 Å². The summed E-state index contributed by atoms with van der Waals surface area (Å²) in [4.78, 5) is 22.4. The summed E-state index contributed by atoms with van der Waals surface area (Å²) in [6, 6.07) is 10.7. The van der Waals surface area contributed by atoms with Crippen LogP contribution < -0.4 is 10.1 Å². The molecule has 0 unspecified atom stereocenters. The number of nitrogens with zero attached hydrogens (tertiary/aromatic N) is 2. The van der Waals surface area contributed by atoms with E-state index in [1.165, 1.54) is 19.3 Å². The first-order chi connectivity index (χ1) is 12.3. The van der Waals surface area contributed by atoms with Gasteiger partial charge in [-0.05, 0) is 57.9 Å². The number of amides is 1. The molecular weight excluding hydrogens is 406 g/mol. The highest BCUT2D eigenvalue weighted by Gasteiger charge is 2.18. The second-order valence-corrected chi connectivity index (χ2v) is 5.83. The van der Waals surface area contributed by atoms with E-state index >= 15 is 0 Å². The monoisotopic (exact) mass is 417 g/mol. The van der Waals surface area contributed by atoms with E-state index in [1.807, 2.05) is 0 Å². The van der Waals surface area contributed by atoms with E-state index in [2.05, 4.69) is 21.2 Å². The molecule has 0 saturated heterocycles. The van der Waals surface area contributed by atoms with Gasteiger partial charge in [0.05, 0.1) is 16.5 Å². The number of aromatic hydroxyl groups is 1. The zero-order valence-electron chi connectivity index (χ0n) is 13.4. The molecule has 0 fully saturated rings. The maximum atomic E-state index is 12.2. The maximum absolute atomic E-state index is 12.2. The van der Waals surface area contributed by atoms with Crippen LogP contribution in [0.1, 0.15) is 5.56 Å². The summed E-state index contributed by atoms with van der Waals surface area (Å²) in [6.07, 6.45) is 1.19. The second kappa shape index (κ2) is 8.13. The summed E-state index contributed by atoms with van der Waals surface area (Å²) in [6.45, 7) is 0. The van der Waals surface area contributed by atoms with Crippen LogP contribution in [0.25, 0.3) is 6.08 Å². The Morgan fingerprint density at radius 3 is 2.58 bits per heavy atom. The second-order valence-electron chi connectivity index (χ2n) is 4.98. The van der Waals surface area contributed by atoms with E-state index in [1.54, 1.807) is 30.3 Å². The SMILES string of the molecule is COc1ccc(NC(=O)/C(C#N)=C\c2cc(Br)c(O)c([N+](=O)[O-])c2)cc1. The number of halogens is 1. The van der Waals surface area contributed by atoms with Gasteiger partial charge in [0.2, 0.25) is 5.75 Å². The number of hydrogen-bond donors (Lipinski definition) is 2. The van der Waals surface area contributed by atoms with Crippen molar-refractivity contribution in [2.24, 2.45) is 0 Å². The fraction of sp³-hybridized carbons (Fsp3) is 0.0588. The number of nitro groups is 1. The van der Waals surface area contributed by atoms with Crippen molar-refractivity contribution in [3.05, 3.63) is 62.1 Å². The number of ether oxygens (including phenoxy) is 1. The van der Waals surface area contributed by atoms with Crippen molar-refractivity contribution in [2.75, 3.05) is 12.4 Å². The first-order valence-corrected chi connectivity index (χ1v) is 7.89. The quantitative estimate of drug-likeness (QED) is 0.331. The zero-order valence-corrected chi connectivity index (χ0v) is 15.0. The minimum atomic E-state index is -0.763. The van der Waals surface area contributed by atoms with Crippen molar-refractivity contribution in [3.63, 3.8) is 0 Å². The van der Waals surface area contributed by atoms with Crippen LogP contribution in [0.3, 0.4) is 0 Å². The van der Waals surface area contributed by atoms with E-state index in [0.717, 1.165) is 6.07 Å². The Bertz CT molecular complexity index is 933. The highest BCUT2D eigenvalue weighted by molar-refractivity contribution is 9.10. The van der Waals surface area contributed by atoms with Gasteiger partial charge in [0.25, 0.3) is 5.91 Å². The van der Waals surface area contributed by atoms with E-state index < -0.39 is 22.3 Å². The molecule has 0 heterocycles. The molecule has 0 aliphatic rings. The van der Waals surface area contributed by atoms with Crippen molar-refractivity contribution >= 4 is 39.3 Å². The molecule has 0 atom stereocenters. The van der Waals surface area contributed by atoms with Gasteiger partial charge in [0, 0.05) is 11.8 Å². The lowest BCUT2D eigenvalue weighted by molar-refractivity contribution is -0.386. The van der Waals surface area contributed by atoms with Crippen LogP contribution >= 0.6 is 15.9 Å².